The lowest BCUT2D eigenvalue weighted by Gasteiger charge is -2.04. The van der Waals surface area contributed by atoms with Crippen LogP contribution in [0.2, 0.25) is 0 Å². The Kier molecular flexibility index (Phi) is 6.30. The summed E-state index contributed by atoms with van der Waals surface area (Å²) >= 11 is 5.54. The highest BCUT2D eigenvalue weighted by Gasteiger charge is 2.07. The molecule has 0 unspecified atom stereocenters. The number of fused-ring (bicyclic) bond motifs is 1. The lowest BCUT2D eigenvalue weighted by molar-refractivity contribution is 0.146. The average molecular weight is 296 g/mol. The highest BCUT2D eigenvalue weighted by atomic mass is 35.5. The minimum atomic E-state index is 0.563. The number of nitrogens with one attached hydrogen (secondary N) is 1. The monoisotopic (exact) mass is 295 g/mol. The summed E-state index contributed by atoms with van der Waals surface area (Å²) in [6.45, 7) is 6.12. The molecule has 0 saturated carbocycles. The van der Waals surface area contributed by atoms with Crippen LogP contribution in [0.5, 0.6) is 0 Å². The molecule has 0 radical (unpaired) electrons. The molecule has 0 spiro atoms. The van der Waals surface area contributed by atoms with Crippen LogP contribution >= 0.6 is 11.6 Å². The van der Waals surface area contributed by atoms with E-state index in [1.807, 2.05) is 0 Å². The molecule has 0 aliphatic carbocycles. The first-order valence-electron chi connectivity index (χ1n) is 7.15. The van der Waals surface area contributed by atoms with Gasteiger partial charge in [0.2, 0.25) is 0 Å². The molecule has 4 nitrogen and oxygen atoms in total. The summed E-state index contributed by atoms with van der Waals surface area (Å²) in [6.07, 6.45) is 0.989. The van der Waals surface area contributed by atoms with Crippen LogP contribution in [0.1, 0.15) is 19.0 Å². The molecule has 110 valence electrons. The van der Waals surface area contributed by atoms with E-state index in [0.717, 1.165) is 38.4 Å². The standard InChI is InChI=1S/C15H22ClN3O/c1-2-19-15-7-4-3-6-13(15)14(18-19)12-17-9-5-10-20-11-8-16/h3-4,6-7,17H,2,5,8-12H2,1H3. The fourth-order valence-corrected chi connectivity index (χ4v) is 2.34. The van der Waals surface area contributed by atoms with Gasteiger partial charge in [-0.1, -0.05) is 18.2 Å². The smallest absolute Gasteiger partial charge is 0.0841 e. The summed E-state index contributed by atoms with van der Waals surface area (Å²) in [4.78, 5) is 0. The second-order valence-electron chi connectivity index (χ2n) is 4.61. The first-order valence-corrected chi connectivity index (χ1v) is 7.69. The topological polar surface area (TPSA) is 39.1 Å². The van der Waals surface area contributed by atoms with E-state index < -0.39 is 0 Å². The van der Waals surface area contributed by atoms with Gasteiger partial charge in [-0.15, -0.1) is 11.6 Å². The molecule has 1 aromatic heterocycles. The molecule has 1 heterocycles. The van der Waals surface area contributed by atoms with E-state index in [2.05, 4.69) is 46.3 Å². The number of benzene rings is 1. The first kappa shape index (κ1) is 15.3. The summed E-state index contributed by atoms with van der Waals surface area (Å²) in [7, 11) is 0. The van der Waals surface area contributed by atoms with Crippen molar-refractivity contribution in [3.05, 3.63) is 30.0 Å². The van der Waals surface area contributed by atoms with Crippen molar-refractivity contribution >= 4 is 22.5 Å². The fourth-order valence-electron chi connectivity index (χ4n) is 2.23. The Balaban J connectivity index is 1.84. The number of halogens is 1. The number of ether oxygens (including phenoxy) is 1. The number of hydrogen-bond donors (Lipinski definition) is 1. The molecule has 1 N–H and O–H groups in total. The van der Waals surface area contributed by atoms with Crippen molar-refractivity contribution < 1.29 is 4.74 Å². The normalized spacial score (nSPS) is 11.3. The highest BCUT2D eigenvalue weighted by molar-refractivity contribution is 6.17. The van der Waals surface area contributed by atoms with Gasteiger partial charge in [0.15, 0.2) is 0 Å². The van der Waals surface area contributed by atoms with E-state index >= 15 is 0 Å². The predicted molar refractivity (Wildman–Crippen MR) is 83.3 cm³/mol. The molecule has 2 aromatic rings. The summed E-state index contributed by atoms with van der Waals surface area (Å²) in [5.41, 5.74) is 2.32. The third-order valence-corrected chi connectivity index (χ3v) is 3.34. The Morgan fingerprint density at radius 1 is 1.30 bits per heavy atom. The molecular formula is C15H22ClN3O. The van der Waals surface area contributed by atoms with Gasteiger partial charge in [0.25, 0.3) is 0 Å². The lowest BCUT2D eigenvalue weighted by Crippen LogP contribution is -2.17. The maximum atomic E-state index is 5.54. The van der Waals surface area contributed by atoms with Gasteiger partial charge in [-0.3, -0.25) is 4.68 Å². The largest absolute Gasteiger partial charge is 0.380 e. The zero-order chi connectivity index (χ0) is 14.2. The van der Waals surface area contributed by atoms with Gasteiger partial charge in [0, 0.05) is 31.0 Å². The van der Waals surface area contributed by atoms with E-state index in [1.165, 1.54) is 10.9 Å². The zero-order valence-corrected chi connectivity index (χ0v) is 12.7. The van der Waals surface area contributed by atoms with Crippen molar-refractivity contribution in [2.24, 2.45) is 0 Å². The van der Waals surface area contributed by atoms with E-state index in [-0.39, 0.29) is 0 Å². The second-order valence-corrected chi connectivity index (χ2v) is 4.99. The lowest BCUT2D eigenvalue weighted by atomic mass is 10.2. The van der Waals surface area contributed by atoms with Crippen LogP contribution in [-0.4, -0.2) is 35.4 Å². The minimum absolute atomic E-state index is 0.563. The van der Waals surface area contributed by atoms with Crippen molar-refractivity contribution in [1.82, 2.24) is 15.1 Å². The molecule has 2 rings (SSSR count). The number of aromatic nitrogens is 2. The summed E-state index contributed by atoms with van der Waals surface area (Å²) < 4.78 is 7.39. The fraction of sp³-hybridized carbons (Fsp3) is 0.533. The van der Waals surface area contributed by atoms with Crippen molar-refractivity contribution in [2.45, 2.75) is 26.4 Å². The minimum Gasteiger partial charge on any atom is -0.380 e. The van der Waals surface area contributed by atoms with Crippen LogP contribution in [-0.2, 0) is 17.8 Å². The molecule has 0 atom stereocenters. The molecule has 0 fully saturated rings. The van der Waals surface area contributed by atoms with Crippen molar-refractivity contribution in [1.29, 1.82) is 0 Å². The van der Waals surface area contributed by atoms with Gasteiger partial charge in [0.05, 0.1) is 17.8 Å². The van der Waals surface area contributed by atoms with E-state index in [9.17, 15) is 0 Å². The van der Waals surface area contributed by atoms with E-state index in [4.69, 9.17) is 16.3 Å². The predicted octanol–water partition coefficient (Wildman–Crippen LogP) is 2.79. The molecular weight excluding hydrogens is 274 g/mol. The Morgan fingerprint density at radius 3 is 2.95 bits per heavy atom. The number of hydrogen-bond acceptors (Lipinski definition) is 3. The van der Waals surface area contributed by atoms with Crippen LogP contribution in [0.4, 0.5) is 0 Å². The second kappa shape index (κ2) is 8.25. The van der Waals surface area contributed by atoms with Gasteiger partial charge >= 0.3 is 0 Å². The molecule has 1 aromatic carbocycles. The number of para-hydroxylation sites is 1. The van der Waals surface area contributed by atoms with Crippen LogP contribution in [0.15, 0.2) is 24.3 Å². The average Bonchev–Trinajstić information content (AvgIpc) is 2.85. The number of alkyl halides is 1. The Hall–Kier alpha value is -1.10. The Labute approximate surface area is 125 Å². The number of aryl methyl sites for hydroxylation is 1. The first-order chi connectivity index (χ1) is 9.86. The van der Waals surface area contributed by atoms with Gasteiger partial charge in [-0.25, -0.2) is 0 Å². The zero-order valence-electron chi connectivity index (χ0n) is 11.9. The van der Waals surface area contributed by atoms with E-state index in [1.54, 1.807) is 0 Å². The SMILES string of the molecule is CCn1nc(CNCCCOCCCl)c2ccccc21. The van der Waals surface area contributed by atoms with Gasteiger partial charge in [0.1, 0.15) is 0 Å². The third-order valence-electron chi connectivity index (χ3n) is 3.19. The number of nitrogens with zero attached hydrogens (tertiary/aromatic N) is 2. The number of rotatable bonds is 9. The van der Waals surface area contributed by atoms with Crippen LogP contribution in [0.25, 0.3) is 10.9 Å². The Morgan fingerprint density at radius 2 is 2.15 bits per heavy atom. The van der Waals surface area contributed by atoms with Gasteiger partial charge in [-0.2, -0.15) is 5.10 Å². The van der Waals surface area contributed by atoms with Crippen LogP contribution < -0.4 is 5.32 Å². The maximum Gasteiger partial charge on any atom is 0.0841 e. The highest BCUT2D eigenvalue weighted by Crippen LogP contribution is 2.18. The summed E-state index contributed by atoms with van der Waals surface area (Å²) in [6, 6.07) is 8.37. The quantitative estimate of drug-likeness (QED) is 0.571. The third kappa shape index (κ3) is 3.95. The molecule has 0 saturated heterocycles. The maximum absolute atomic E-state index is 5.54. The van der Waals surface area contributed by atoms with Gasteiger partial charge in [-0.05, 0) is 26.0 Å². The molecule has 5 heteroatoms. The van der Waals surface area contributed by atoms with E-state index in [0.29, 0.717) is 12.5 Å². The molecule has 20 heavy (non-hydrogen) atoms. The molecule has 0 bridgehead atoms. The van der Waals surface area contributed by atoms with Gasteiger partial charge < -0.3 is 10.1 Å². The molecule has 0 aliphatic heterocycles. The van der Waals surface area contributed by atoms with Crippen molar-refractivity contribution in [3.63, 3.8) is 0 Å². The molecule has 0 amide bonds. The summed E-state index contributed by atoms with van der Waals surface area (Å²) in [5.74, 6) is 0.563. The Bertz CT molecular complexity index is 527. The van der Waals surface area contributed by atoms with Crippen LogP contribution in [0.3, 0.4) is 0 Å². The summed E-state index contributed by atoms with van der Waals surface area (Å²) in [5, 5.41) is 9.32. The van der Waals surface area contributed by atoms with Crippen molar-refractivity contribution in [3.8, 4) is 0 Å². The molecule has 0 aliphatic rings. The van der Waals surface area contributed by atoms with Crippen LogP contribution in [0, 0.1) is 0 Å². The van der Waals surface area contributed by atoms with Crippen molar-refractivity contribution in [2.75, 3.05) is 25.6 Å².